The maximum absolute atomic E-state index is 15.1. The average molecular weight is 599 g/mol. The van der Waals surface area contributed by atoms with Crippen molar-refractivity contribution >= 4 is 24.9 Å². The topological polar surface area (TPSA) is 169 Å². The highest BCUT2D eigenvalue weighted by Gasteiger charge is 2.65. The van der Waals surface area contributed by atoms with E-state index in [1.54, 1.807) is 26.0 Å². The molecule has 6 atom stereocenters. The Bertz CT molecular complexity index is 1510. The number of ether oxygens (including phenoxy) is 2. The molecular formula is C26H31F2N3O9P+. The van der Waals surface area contributed by atoms with Crippen LogP contribution in [0.5, 0.6) is 5.75 Å². The second-order valence-electron chi connectivity index (χ2n) is 9.73. The van der Waals surface area contributed by atoms with E-state index in [9.17, 15) is 24.1 Å². The molecule has 0 saturated carbocycles. The van der Waals surface area contributed by atoms with Gasteiger partial charge in [0.25, 0.3) is 11.4 Å². The summed E-state index contributed by atoms with van der Waals surface area (Å²) in [5.74, 6) is -3.58. The Balaban J connectivity index is 0.000000346. The predicted molar refractivity (Wildman–Crippen MR) is 144 cm³/mol. The lowest BCUT2D eigenvalue weighted by Gasteiger charge is -2.24. The number of esters is 1. The molecule has 12 nitrogen and oxygen atoms in total. The number of hydrogen-bond acceptors (Lipinski definition) is 9. The van der Waals surface area contributed by atoms with E-state index in [0.717, 1.165) is 30.0 Å². The highest BCUT2D eigenvalue weighted by Crippen LogP contribution is 2.47. The van der Waals surface area contributed by atoms with Gasteiger partial charge in [-0.1, -0.05) is 35.4 Å². The minimum Gasteiger partial charge on any atom is -0.508 e. The summed E-state index contributed by atoms with van der Waals surface area (Å²) in [6.45, 7) is 4.18. The number of aromatic amines is 1. The molecule has 0 spiro atoms. The van der Waals surface area contributed by atoms with E-state index in [1.165, 1.54) is 6.92 Å². The van der Waals surface area contributed by atoms with Crippen LogP contribution in [0, 0.1) is 0 Å². The zero-order chi connectivity index (χ0) is 30.5. The zero-order valence-electron chi connectivity index (χ0n) is 22.6. The largest absolute Gasteiger partial charge is 0.614 e. The number of H-pyrrole nitrogens is 1. The second kappa shape index (κ2) is 13.0. The summed E-state index contributed by atoms with van der Waals surface area (Å²) in [4.78, 5) is 36.6. The summed E-state index contributed by atoms with van der Waals surface area (Å²) in [5, 5.41) is 23.7. The Morgan fingerprint density at radius 2 is 1.83 bits per heavy atom. The first-order chi connectivity index (χ1) is 19.1. The van der Waals surface area contributed by atoms with Crippen molar-refractivity contribution in [2.45, 2.75) is 63.7 Å². The van der Waals surface area contributed by atoms with Crippen molar-refractivity contribution < 1.29 is 42.4 Å². The van der Waals surface area contributed by atoms with Crippen LogP contribution in [-0.2, 0) is 23.4 Å². The van der Waals surface area contributed by atoms with E-state index in [4.69, 9.17) is 19.1 Å². The Labute approximate surface area is 233 Å². The number of aliphatic hydroxyl groups is 1. The van der Waals surface area contributed by atoms with Crippen LogP contribution in [0.1, 0.15) is 33.9 Å². The van der Waals surface area contributed by atoms with Crippen LogP contribution in [0.15, 0.2) is 64.3 Å². The van der Waals surface area contributed by atoms with Gasteiger partial charge in [0.1, 0.15) is 11.8 Å². The summed E-state index contributed by atoms with van der Waals surface area (Å²) >= 11 is 0. The lowest BCUT2D eigenvalue weighted by atomic mass is 9.97. The number of hydrogen-bond donors (Lipinski definition) is 4. The fraction of sp³-hybridized carbons (Fsp3) is 0.423. The molecule has 0 radical (unpaired) electrons. The molecule has 3 aromatic rings. The van der Waals surface area contributed by atoms with Gasteiger partial charge < -0.3 is 19.7 Å². The summed E-state index contributed by atoms with van der Waals surface area (Å²) in [5.41, 5.74) is -4.66. The molecule has 0 bridgehead atoms. The van der Waals surface area contributed by atoms with Crippen molar-refractivity contribution in [2.24, 2.45) is 0 Å². The van der Waals surface area contributed by atoms with Gasteiger partial charge in [-0.2, -0.15) is 0 Å². The van der Waals surface area contributed by atoms with E-state index in [1.807, 2.05) is 35.3 Å². The second-order valence-corrected chi connectivity index (χ2v) is 10.8. The summed E-state index contributed by atoms with van der Waals surface area (Å²) in [6, 6.07) is 13.1. The molecular weight excluding hydrogens is 567 g/mol. The first-order valence-corrected chi connectivity index (χ1v) is 13.6. The number of fused-ring (bicyclic) bond motifs is 1. The van der Waals surface area contributed by atoms with E-state index >= 15 is 8.78 Å². The number of alkyl halides is 2. The number of rotatable bonds is 8. The van der Waals surface area contributed by atoms with E-state index in [-0.39, 0.29) is 0 Å². The molecule has 0 amide bonds. The number of aliphatic hydroxyl groups excluding tert-OH is 1. The van der Waals surface area contributed by atoms with Gasteiger partial charge in [0, 0.05) is 12.3 Å². The van der Waals surface area contributed by atoms with Crippen molar-refractivity contribution in [2.75, 3.05) is 6.61 Å². The van der Waals surface area contributed by atoms with Gasteiger partial charge in [0.2, 0.25) is 0 Å². The van der Waals surface area contributed by atoms with Crippen LogP contribution >= 0.6 is 8.18 Å². The van der Waals surface area contributed by atoms with Gasteiger partial charge in [-0.25, -0.2) is 13.6 Å². The molecule has 1 unspecified atom stereocenters. The number of aromatic nitrogens is 2. The third-order valence-corrected chi connectivity index (χ3v) is 6.92. The number of nitrogens with zero attached hydrogens (tertiary/aromatic N) is 1. The van der Waals surface area contributed by atoms with E-state index < -0.39 is 68.0 Å². The number of phenols is 1. The van der Waals surface area contributed by atoms with Crippen molar-refractivity contribution in [3.63, 3.8) is 0 Å². The van der Waals surface area contributed by atoms with Gasteiger partial charge >= 0.3 is 19.8 Å². The lowest BCUT2D eigenvalue weighted by Crippen LogP contribution is -2.47. The molecule has 2 aromatic carbocycles. The van der Waals surface area contributed by atoms with Crippen molar-refractivity contribution in [1.82, 2.24) is 14.6 Å². The molecule has 41 heavy (non-hydrogen) atoms. The molecule has 1 aliphatic heterocycles. The number of carbonyl (C=O) groups is 1. The van der Waals surface area contributed by atoms with Crippen LogP contribution in [0.2, 0.25) is 0 Å². The van der Waals surface area contributed by atoms with Gasteiger partial charge in [-0.3, -0.25) is 19.1 Å². The molecule has 1 fully saturated rings. The summed E-state index contributed by atoms with van der Waals surface area (Å²) in [7, 11) is -2.82. The minimum absolute atomic E-state index is 0.323. The van der Waals surface area contributed by atoms with E-state index in [2.05, 4.69) is 5.09 Å². The van der Waals surface area contributed by atoms with Crippen molar-refractivity contribution in [3.8, 4) is 5.75 Å². The summed E-state index contributed by atoms with van der Waals surface area (Å²) < 4.78 is 57.2. The molecule has 222 valence electrons. The maximum Gasteiger partial charge on any atom is 0.614 e. The highest BCUT2D eigenvalue weighted by molar-refractivity contribution is 7.36. The molecule has 0 aliphatic carbocycles. The highest BCUT2D eigenvalue weighted by atomic mass is 31.1. The molecule has 4 N–H and O–H groups in total. The van der Waals surface area contributed by atoms with Crippen LogP contribution < -0.4 is 16.3 Å². The first kappa shape index (κ1) is 32.0. The predicted octanol–water partition coefficient (Wildman–Crippen LogP) is 2.97. The Morgan fingerprint density at radius 1 is 1.17 bits per heavy atom. The van der Waals surface area contributed by atoms with Crippen molar-refractivity contribution in [1.29, 1.82) is 0 Å². The SMILES string of the molecule is CC(C)OC(=O)[C@H](C)N[P+](=O)OC[C@@]1(F)O[C@@H](n2ccc(=O)[nH]c2=O)[C@](C)(F)[C@@H]1O.Oc1ccc2ccccc2c1. The quantitative estimate of drug-likeness (QED) is 0.223. The standard InChI is InChI=1S/C16H22F2N3O8P.C10H8O/c1-8(2)28-11(23)9(3)20-30(26)27-7-16(18)12(24)15(4,17)13(29-16)21-6-5-10(22)19-14(21)25;11-10-6-5-8-3-1-2-4-9(8)7-10/h5-6,8-9,12-13,24H,7H2,1-4H3,(H-,19,20,22,25,26);1-7,11H/p+1/t9-,12-,13+,15+,16+;/m0./s1. The number of phenolic OH excluding ortho intramolecular Hbond substituents is 1. The number of carbonyl (C=O) groups excluding carboxylic acids is 1. The molecule has 15 heteroatoms. The maximum atomic E-state index is 15.1. The Morgan fingerprint density at radius 3 is 2.46 bits per heavy atom. The molecule has 2 heterocycles. The lowest BCUT2D eigenvalue weighted by molar-refractivity contribution is -0.202. The minimum atomic E-state index is -3.18. The van der Waals surface area contributed by atoms with Gasteiger partial charge in [0.05, 0.1) is 6.10 Å². The number of halogens is 2. The van der Waals surface area contributed by atoms with Crippen molar-refractivity contribution in [3.05, 3.63) is 75.6 Å². The summed E-state index contributed by atoms with van der Waals surface area (Å²) in [6.07, 6.45) is -3.91. The number of aromatic hydroxyl groups is 1. The van der Waals surface area contributed by atoms with Crippen LogP contribution in [-0.4, -0.2) is 62.1 Å². The number of benzene rings is 2. The monoisotopic (exact) mass is 598 g/mol. The molecule has 1 aromatic heterocycles. The molecule has 1 saturated heterocycles. The Hall–Kier alpha value is -3.55. The van der Waals surface area contributed by atoms with Crippen LogP contribution in [0.3, 0.4) is 0 Å². The zero-order valence-corrected chi connectivity index (χ0v) is 23.5. The van der Waals surface area contributed by atoms with Gasteiger partial charge in [-0.15, -0.1) is 4.52 Å². The Kier molecular flexibility index (Phi) is 10.1. The van der Waals surface area contributed by atoms with Gasteiger partial charge in [0.15, 0.2) is 24.6 Å². The van der Waals surface area contributed by atoms with E-state index in [0.29, 0.717) is 10.3 Å². The third kappa shape index (κ3) is 7.80. The normalized spacial score (nSPS) is 24.9. The fourth-order valence-electron chi connectivity index (χ4n) is 3.88. The smallest absolute Gasteiger partial charge is 0.508 e. The third-order valence-electron chi connectivity index (χ3n) is 5.95. The average Bonchev–Trinajstić information content (AvgIpc) is 3.07. The van der Waals surface area contributed by atoms with Crippen LogP contribution in [0.25, 0.3) is 10.8 Å². The number of nitrogens with one attached hydrogen (secondary N) is 2. The van der Waals surface area contributed by atoms with Crippen LogP contribution in [0.4, 0.5) is 8.78 Å². The van der Waals surface area contributed by atoms with Gasteiger partial charge in [-0.05, 0) is 55.2 Å². The molecule has 1 aliphatic rings. The molecule has 4 rings (SSSR count). The fourth-order valence-corrected chi connectivity index (χ4v) is 4.67. The first-order valence-electron chi connectivity index (χ1n) is 12.4.